The van der Waals surface area contributed by atoms with Gasteiger partial charge in [0.2, 0.25) is 0 Å². The van der Waals surface area contributed by atoms with Gasteiger partial charge in [0.25, 0.3) is 5.09 Å². The maximum absolute atomic E-state index is 8.36. The molecule has 0 heterocycles. The standard InChI is InChI=1S/La.Mg.HNO3.2H/c;;2-1(3)4;;/h;;(H,2,3,4);;. The summed E-state index contributed by atoms with van der Waals surface area (Å²) in [5.74, 6) is 0. The van der Waals surface area contributed by atoms with Gasteiger partial charge in [0.1, 0.15) is 0 Å². The fourth-order valence-corrected chi connectivity index (χ4v) is 0. The van der Waals surface area contributed by atoms with Crippen molar-refractivity contribution in [2.75, 3.05) is 0 Å². The first-order valence-corrected chi connectivity index (χ1v) is 0.565. The van der Waals surface area contributed by atoms with Crippen LogP contribution in [-0.2, 0) is 0 Å². The Hall–Kier alpha value is 1.16. The zero-order valence-electron chi connectivity index (χ0n) is 2.29. The first kappa shape index (κ1) is 15.7. The van der Waals surface area contributed by atoms with Crippen LogP contribution in [0.1, 0.15) is 0 Å². The molecule has 0 aliphatic rings. The molecule has 0 rings (SSSR count). The van der Waals surface area contributed by atoms with E-state index in [-0.39, 0.29) is 58.7 Å². The van der Waals surface area contributed by atoms with Crippen molar-refractivity contribution in [3.05, 3.63) is 10.1 Å². The van der Waals surface area contributed by atoms with Crippen molar-refractivity contribution < 1.29 is 45.9 Å². The fraction of sp³-hybridized carbons (Fsp3) is 0. The van der Waals surface area contributed by atoms with Crippen molar-refractivity contribution in [2.45, 2.75) is 0 Å². The average molecular weight is 228 g/mol. The Balaban J connectivity index is -0.0000000450. The summed E-state index contributed by atoms with van der Waals surface area (Å²) in [5, 5.41) is 13.6. The summed E-state index contributed by atoms with van der Waals surface area (Å²) < 4.78 is 0. The fourth-order valence-electron chi connectivity index (χ4n) is 0. The van der Waals surface area contributed by atoms with Crippen LogP contribution in [0.5, 0.6) is 0 Å². The summed E-state index contributed by atoms with van der Waals surface area (Å²) in [6, 6.07) is 0. The van der Waals surface area contributed by atoms with E-state index in [2.05, 4.69) is 0 Å². The van der Waals surface area contributed by atoms with E-state index in [9.17, 15) is 0 Å². The minimum atomic E-state index is -1.50. The van der Waals surface area contributed by atoms with Gasteiger partial charge in [-0.25, -0.2) is 0 Å². The van der Waals surface area contributed by atoms with E-state index in [4.69, 9.17) is 15.3 Å². The number of hydrogen-bond acceptors (Lipinski definition) is 2. The molecule has 0 aromatic heterocycles. The van der Waals surface area contributed by atoms with Crippen LogP contribution in [0.2, 0.25) is 0 Å². The molecule has 0 atom stereocenters. The Labute approximate surface area is 78.1 Å². The third-order valence-electron chi connectivity index (χ3n) is 0. The van der Waals surface area contributed by atoms with Crippen LogP contribution < -0.4 is 0 Å². The molecule has 0 aromatic carbocycles. The summed E-state index contributed by atoms with van der Waals surface area (Å²) in [7, 11) is 0. The van der Waals surface area contributed by atoms with Crippen molar-refractivity contribution in [3.63, 3.8) is 0 Å². The van der Waals surface area contributed by atoms with Crippen LogP contribution in [0.4, 0.5) is 0 Å². The van der Waals surface area contributed by atoms with Gasteiger partial charge in [-0.05, 0) is 0 Å². The van der Waals surface area contributed by atoms with Crippen molar-refractivity contribution in [3.8, 4) is 0 Å². The first-order chi connectivity index (χ1) is 1.73. The summed E-state index contributed by atoms with van der Waals surface area (Å²) in [6.07, 6.45) is 0. The minimum absolute atomic E-state index is 0. The van der Waals surface area contributed by atoms with Gasteiger partial charge in [-0.1, -0.05) is 0 Å². The molecule has 31 valence electrons. The molecular weight excluding hydrogens is 225 g/mol. The predicted octanol–water partition coefficient (Wildman–Crippen LogP) is -1.26. The van der Waals surface area contributed by atoms with E-state index in [1.807, 2.05) is 0 Å². The Morgan fingerprint density at radius 1 is 1.67 bits per heavy atom. The van der Waals surface area contributed by atoms with Crippen LogP contribution in [0.25, 0.3) is 0 Å². The van der Waals surface area contributed by atoms with Crippen molar-refractivity contribution in [2.24, 2.45) is 0 Å². The van der Waals surface area contributed by atoms with E-state index in [1.54, 1.807) is 0 Å². The van der Waals surface area contributed by atoms with Crippen LogP contribution in [-0.4, -0.2) is 33.3 Å². The molecule has 6 heavy (non-hydrogen) atoms. The predicted molar refractivity (Wildman–Crippen MR) is 17.3 cm³/mol. The third kappa shape index (κ3) is 66.3. The Morgan fingerprint density at radius 2 is 1.67 bits per heavy atom. The molecule has 0 saturated heterocycles. The van der Waals surface area contributed by atoms with Crippen LogP contribution >= 0.6 is 0 Å². The summed E-state index contributed by atoms with van der Waals surface area (Å²) >= 11 is 0. The SMILES string of the molecule is O=[N+]([O-])O.[La].[MgH2]. The van der Waals surface area contributed by atoms with E-state index >= 15 is 0 Å². The summed E-state index contributed by atoms with van der Waals surface area (Å²) in [6.45, 7) is 0. The molecule has 0 aromatic rings. The van der Waals surface area contributed by atoms with E-state index in [1.165, 1.54) is 0 Å². The van der Waals surface area contributed by atoms with Gasteiger partial charge in [-0.2, -0.15) is 0 Å². The van der Waals surface area contributed by atoms with E-state index in [0.717, 1.165) is 0 Å². The molecule has 0 saturated carbocycles. The Bertz CT molecular complexity index is 33.8. The Morgan fingerprint density at radius 3 is 1.67 bits per heavy atom. The van der Waals surface area contributed by atoms with E-state index < -0.39 is 5.09 Å². The molecule has 1 N–H and O–H groups in total. The number of hydrogen-bond donors (Lipinski definition) is 1. The van der Waals surface area contributed by atoms with Gasteiger partial charge < -0.3 is 5.21 Å². The smallest absolute Gasteiger partial charge is 0.316 e. The monoisotopic (exact) mass is 228 g/mol. The topological polar surface area (TPSA) is 63.4 Å². The molecule has 0 spiro atoms. The van der Waals surface area contributed by atoms with Gasteiger partial charge in [-0.3, -0.25) is 0 Å². The van der Waals surface area contributed by atoms with E-state index in [0.29, 0.717) is 0 Å². The molecule has 1 radical (unpaired) electrons. The van der Waals surface area contributed by atoms with Crippen LogP contribution in [0, 0.1) is 45.7 Å². The quantitative estimate of drug-likeness (QED) is 0.320. The molecular formula is H3LaMgNO3. The van der Waals surface area contributed by atoms with Gasteiger partial charge in [0.05, 0.1) is 0 Å². The van der Waals surface area contributed by atoms with Crippen LogP contribution in [0.3, 0.4) is 0 Å². The minimum Gasteiger partial charge on any atom is -0.328 e. The van der Waals surface area contributed by atoms with Gasteiger partial charge >= 0.3 is 23.1 Å². The molecule has 6 heteroatoms. The maximum Gasteiger partial charge on any atom is 0.316 e. The number of rotatable bonds is 0. The normalized spacial score (nSPS) is 4.00. The Kier molecular flexibility index (Phi) is 24.8. The summed E-state index contributed by atoms with van der Waals surface area (Å²) in [4.78, 5) is 8.36. The average Bonchev–Trinajstić information content (AvgIpc) is 0.811. The van der Waals surface area contributed by atoms with Crippen molar-refractivity contribution >= 4 is 23.1 Å². The van der Waals surface area contributed by atoms with Gasteiger partial charge in [-0.15, -0.1) is 10.1 Å². The molecule has 0 aliphatic heterocycles. The third-order valence-corrected chi connectivity index (χ3v) is 0. The molecule has 0 aliphatic carbocycles. The first-order valence-electron chi connectivity index (χ1n) is 0.565. The summed E-state index contributed by atoms with van der Waals surface area (Å²) in [5.41, 5.74) is 0. The zero-order valence-corrected chi connectivity index (χ0v) is 5.91. The second kappa shape index (κ2) is 9.48. The number of nitrogens with zero attached hydrogens (tertiary/aromatic N) is 1. The second-order valence-corrected chi connectivity index (χ2v) is 0.238. The largest absolute Gasteiger partial charge is 0.328 e. The molecule has 4 nitrogen and oxygen atoms in total. The van der Waals surface area contributed by atoms with Crippen LogP contribution in [0.15, 0.2) is 0 Å². The second-order valence-electron chi connectivity index (χ2n) is 0.238. The maximum atomic E-state index is 8.36. The van der Waals surface area contributed by atoms with Crippen molar-refractivity contribution in [1.82, 2.24) is 0 Å². The van der Waals surface area contributed by atoms with Gasteiger partial charge in [0, 0.05) is 35.6 Å². The molecule has 0 bridgehead atoms. The molecule has 0 amide bonds. The zero-order chi connectivity index (χ0) is 3.58. The molecule has 0 unspecified atom stereocenters. The molecule has 0 fully saturated rings. The van der Waals surface area contributed by atoms with Crippen molar-refractivity contribution in [1.29, 1.82) is 0 Å². The van der Waals surface area contributed by atoms with Gasteiger partial charge in [0.15, 0.2) is 0 Å².